The summed E-state index contributed by atoms with van der Waals surface area (Å²) in [6, 6.07) is 8.03. The summed E-state index contributed by atoms with van der Waals surface area (Å²) in [4.78, 5) is 22.6. The molecule has 4 rings (SSSR count). The third-order valence-corrected chi connectivity index (χ3v) is 4.97. The number of fused-ring (bicyclic) bond motifs is 1. The number of piperidine rings is 1. The van der Waals surface area contributed by atoms with Gasteiger partial charge in [-0.05, 0) is 55.1 Å². The Morgan fingerprint density at radius 3 is 3.13 bits per heavy atom. The topological polar surface area (TPSA) is 61.9 Å². The number of nitrogens with zero attached hydrogens (tertiary/aromatic N) is 3. The first-order valence-electron chi connectivity index (χ1n) is 7.86. The number of carbonyl (C=O) groups excluding carboxylic acids is 1. The number of rotatable bonds is 2. The summed E-state index contributed by atoms with van der Waals surface area (Å²) in [6.45, 7) is 3.58. The van der Waals surface area contributed by atoms with Crippen molar-refractivity contribution in [2.75, 3.05) is 13.1 Å². The summed E-state index contributed by atoms with van der Waals surface area (Å²) >= 11 is 1.32. The zero-order valence-electron chi connectivity index (χ0n) is 13.0. The van der Waals surface area contributed by atoms with Crippen molar-refractivity contribution in [2.24, 2.45) is 0 Å². The van der Waals surface area contributed by atoms with Crippen LogP contribution in [-0.2, 0) is 0 Å². The molecule has 6 heteroatoms. The maximum absolute atomic E-state index is 12.5. The number of hydrogen-bond donors (Lipinski definition) is 1. The van der Waals surface area contributed by atoms with Crippen molar-refractivity contribution < 1.29 is 4.79 Å². The highest BCUT2D eigenvalue weighted by Crippen LogP contribution is 2.27. The van der Waals surface area contributed by atoms with Crippen LogP contribution >= 0.6 is 11.5 Å². The minimum Gasteiger partial charge on any atom is -0.342 e. The molecule has 1 aromatic carbocycles. The summed E-state index contributed by atoms with van der Waals surface area (Å²) in [6.07, 6.45) is 2.05. The van der Waals surface area contributed by atoms with Crippen LogP contribution in [0.4, 0.5) is 0 Å². The Bertz CT molecular complexity index is 840. The van der Waals surface area contributed by atoms with Crippen LogP contribution in [0.3, 0.4) is 0 Å². The maximum Gasteiger partial charge on any atom is 0.273 e. The van der Waals surface area contributed by atoms with Gasteiger partial charge in [-0.3, -0.25) is 4.79 Å². The molecule has 5 nitrogen and oxygen atoms in total. The number of imidazole rings is 1. The lowest BCUT2D eigenvalue weighted by Gasteiger charge is -2.31. The largest absolute Gasteiger partial charge is 0.342 e. The lowest BCUT2D eigenvalue weighted by Crippen LogP contribution is -2.39. The van der Waals surface area contributed by atoms with E-state index in [1.54, 1.807) is 6.07 Å². The Balaban J connectivity index is 1.57. The highest BCUT2D eigenvalue weighted by molar-refractivity contribution is 7.03. The Morgan fingerprint density at radius 1 is 1.39 bits per heavy atom. The SMILES string of the molecule is Cc1ccc2nc(C3CCCN(C(=O)c4ccsn4)C3)[nH]c2c1. The Morgan fingerprint density at radius 2 is 2.30 bits per heavy atom. The minimum atomic E-state index is 0.0305. The van der Waals surface area contributed by atoms with E-state index >= 15 is 0 Å². The van der Waals surface area contributed by atoms with Crippen LogP contribution in [0.15, 0.2) is 29.6 Å². The molecule has 0 bridgehead atoms. The molecule has 3 aromatic rings. The smallest absolute Gasteiger partial charge is 0.273 e. The van der Waals surface area contributed by atoms with E-state index in [1.807, 2.05) is 16.3 Å². The van der Waals surface area contributed by atoms with Crippen molar-refractivity contribution in [3.8, 4) is 0 Å². The number of H-pyrrole nitrogens is 1. The second kappa shape index (κ2) is 5.77. The van der Waals surface area contributed by atoms with E-state index in [2.05, 4.69) is 28.4 Å². The van der Waals surface area contributed by atoms with Crippen molar-refractivity contribution in [3.05, 3.63) is 46.7 Å². The third-order valence-electron chi connectivity index (χ3n) is 4.41. The van der Waals surface area contributed by atoms with Crippen LogP contribution in [0.2, 0.25) is 0 Å². The summed E-state index contributed by atoms with van der Waals surface area (Å²) in [5.41, 5.74) is 3.84. The number of nitrogens with one attached hydrogen (secondary N) is 1. The maximum atomic E-state index is 12.5. The van der Waals surface area contributed by atoms with Gasteiger partial charge in [0.15, 0.2) is 0 Å². The fourth-order valence-corrected chi connectivity index (χ4v) is 3.71. The highest BCUT2D eigenvalue weighted by Gasteiger charge is 2.28. The van der Waals surface area contributed by atoms with Gasteiger partial charge in [-0.1, -0.05) is 6.07 Å². The van der Waals surface area contributed by atoms with E-state index in [0.717, 1.165) is 36.2 Å². The van der Waals surface area contributed by atoms with Crippen molar-refractivity contribution in [3.63, 3.8) is 0 Å². The number of hydrogen-bond acceptors (Lipinski definition) is 4. The predicted molar refractivity (Wildman–Crippen MR) is 90.8 cm³/mol. The van der Waals surface area contributed by atoms with Crippen molar-refractivity contribution in [1.82, 2.24) is 19.2 Å². The molecule has 1 fully saturated rings. The first-order chi connectivity index (χ1) is 11.2. The third kappa shape index (κ3) is 2.74. The lowest BCUT2D eigenvalue weighted by molar-refractivity contribution is 0.0700. The molecule has 1 amide bonds. The minimum absolute atomic E-state index is 0.0305. The van der Waals surface area contributed by atoms with Gasteiger partial charge in [0.05, 0.1) is 11.0 Å². The molecular weight excluding hydrogens is 308 g/mol. The normalized spacial score (nSPS) is 18.5. The summed E-state index contributed by atoms with van der Waals surface area (Å²) in [5, 5.41) is 1.84. The van der Waals surface area contributed by atoms with Crippen LogP contribution in [0.25, 0.3) is 11.0 Å². The van der Waals surface area contributed by atoms with Crippen molar-refractivity contribution in [1.29, 1.82) is 0 Å². The highest BCUT2D eigenvalue weighted by atomic mass is 32.1. The van der Waals surface area contributed by atoms with E-state index in [-0.39, 0.29) is 11.8 Å². The molecule has 118 valence electrons. The zero-order chi connectivity index (χ0) is 15.8. The van der Waals surface area contributed by atoms with E-state index in [4.69, 9.17) is 4.98 Å². The molecule has 2 aromatic heterocycles. The number of benzene rings is 1. The van der Waals surface area contributed by atoms with Gasteiger partial charge in [0.1, 0.15) is 11.5 Å². The number of amides is 1. The van der Waals surface area contributed by atoms with Gasteiger partial charge in [0, 0.05) is 24.4 Å². The van der Waals surface area contributed by atoms with Gasteiger partial charge in [0.25, 0.3) is 5.91 Å². The first kappa shape index (κ1) is 14.4. The van der Waals surface area contributed by atoms with E-state index < -0.39 is 0 Å². The average Bonchev–Trinajstić information content (AvgIpc) is 3.23. The second-order valence-electron chi connectivity index (χ2n) is 6.12. The Labute approximate surface area is 138 Å². The molecule has 1 atom stereocenters. The average molecular weight is 326 g/mol. The van der Waals surface area contributed by atoms with Crippen molar-refractivity contribution >= 4 is 28.5 Å². The molecule has 0 radical (unpaired) electrons. The molecule has 1 aliphatic rings. The summed E-state index contributed by atoms with van der Waals surface area (Å²) in [7, 11) is 0. The lowest BCUT2D eigenvalue weighted by atomic mass is 9.97. The Kier molecular flexibility index (Phi) is 3.61. The van der Waals surface area contributed by atoms with E-state index in [1.165, 1.54) is 17.1 Å². The van der Waals surface area contributed by atoms with Gasteiger partial charge < -0.3 is 9.88 Å². The number of carbonyl (C=O) groups is 1. The fourth-order valence-electron chi connectivity index (χ4n) is 3.21. The molecule has 0 spiro atoms. The number of likely N-dealkylation sites (tertiary alicyclic amines) is 1. The predicted octanol–water partition coefficient (Wildman–Crippen LogP) is 3.35. The quantitative estimate of drug-likeness (QED) is 0.785. The number of aromatic nitrogens is 3. The monoisotopic (exact) mass is 326 g/mol. The van der Waals surface area contributed by atoms with Crippen LogP contribution in [0.1, 0.15) is 40.6 Å². The molecular formula is C17H18N4OS. The first-order valence-corrected chi connectivity index (χ1v) is 8.70. The van der Waals surface area contributed by atoms with Gasteiger partial charge in [-0.2, -0.15) is 4.37 Å². The fraction of sp³-hybridized carbons (Fsp3) is 0.353. The van der Waals surface area contributed by atoms with Gasteiger partial charge >= 0.3 is 0 Å². The molecule has 3 heterocycles. The molecule has 1 aliphatic heterocycles. The molecule has 1 unspecified atom stereocenters. The van der Waals surface area contributed by atoms with Crippen LogP contribution < -0.4 is 0 Å². The Hall–Kier alpha value is -2.21. The summed E-state index contributed by atoms with van der Waals surface area (Å²) in [5.74, 6) is 1.28. The number of aryl methyl sites for hydroxylation is 1. The van der Waals surface area contributed by atoms with Crippen LogP contribution in [-0.4, -0.2) is 38.2 Å². The molecule has 0 saturated carbocycles. The number of aromatic amines is 1. The molecule has 23 heavy (non-hydrogen) atoms. The zero-order valence-corrected chi connectivity index (χ0v) is 13.8. The molecule has 1 saturated heterocycles. The van der Waals surface area contributed by atoms with E-state index in [0.29, 0.717) is 12.2 Å². The molecule has 0 aliphatic carbocycles. The van der Waals surface area contributed by atoms with Crippen molar-refractivity contribution in [2.45, 2.75) is 25.7 Å². The van der Waals surface area contributed by atoms with Gasteiger partial charge in [-0.15, -0.1) is 0 Å². The van der Waals surface area contributed by atoms with Gasteiger partial charge in [0.2, 0.25) is 0 Å². The summed E-state index contributed by atoms with van der Waals surface area (Å²) < 4.78 is 4.16. The van der Waals surface area contributed by atoms with Crippen LogP contribution in [0.5, 0.6) is 0 Å². The van der Waals surface area contributed by atoms with Crippen LogP contribution in [0, 0.1) is 6.92 Å². The van der Waals surface area contributed by atoms with Gasteiger partial charge in [-0.25, -0.2) is 4.98 Å². The molecule has 1 N–H and O–H groups in total. The second-order valence-corrected chi connectivity index (χ2v) is 6.78. The van der Waals surface area contributed by atoms with E-state index in [9.17, 15) is 4.79 Å². The standard InChI is InChI=1S/C17H18N4OS/c1-11-4-5-13-15(9-11)19-16(18-13)12-3-2-7-21(10-12)17(22)14-6-8-23-20-14/h4-6,8-9,12H,2-3,7,10H2,1H3,(H,18,19).